The standard InChI is InChI=1S/C14H15N3O3.C2H6/c1-3-7-15-13-10(4-2)16-8-5-6-11(16)14(20)17(13)9-12(18)19;1-2/h3-8H,9H2,1-2H3,(H,18,19);1-2H3/b7-3-,10-4+,15-13+;. The zero-order valence-corrected chi connectivity index (χ0v) is 13.3. The molecule has 2 heterocycles. The van der Waals surface area contributed by atoms with Crippen LogP contribution in [0.15, 0.2) is 40.4 Å². The van der Waals surface area contributed by atoms with Crippen molar-refractivity contribution in [3.63, 3.8) is 0 Å². The third-order valence-electron chi connectivity index (χ3n) is 2.87. The summed E-state index contributed by atoms with van der Waals surface area (Å²) in [6, 6.07) is 3.40. The van der Waals surface area contributed by atoms with Gasteiger partial charge in [0.25, 0.3) is 5.56 Å². The average molecular weight is 303 g/mol. The van der Waals surface area contributed by atoms with Gasteiger partial charge in [-0.25, -0.2) is 4.99 Å². The molecule has 0 bridgehead atoms. The van der Waals surface area contributed by atoms with Gasteiger partial charge < -0.3 is 9.51 Å². The van der Waals surface area contributed by atoms with Gasteiger partial charge in [0.1, 0.15) is 12.1 Å². The quantitative estimate of drug-likeness (QED) is 0.924. The largest absolute Gasteiger partial charge is 0.480 e. The lowest BCUT2D eigenvalue weighted by atomic mass is 10.4. The minimum atomic E-state index is -1.08. The first kappa shape index (κ1) is 17.4. The molecule has 0 unspecified atom stereocenters. The lowest BCUT2D eigenvalue weighted by molar-refractivity contribution is -0.137. The van der Waals surface area contributed by atoms with Crippen LogP contribution in [0.1, 0.15) is 27.7 Å². The van der Waals surface area contributed by atoms with Gasteiger partial charge in [0, 0.05) is 12.4 Å². The van der Waals surface area contributed by atoms with Gasteiger partial charge in [-0.2, -0.15) is 0 Å². The summed E-state index contributed by atoms with van der Waals surface area (Å²) in [7, 11) is 0. The molecule has 1 N–H and O–H groups in total. The number of aliphatic carboxylic acids is 1. The molecule has 118 valence electrons. The van der Waals surface area contributed by atoms with Crippen LogP contribution in [0.4, 0.5) is 0 Å². The molecular formula is C16H21N3O3. The average Bonchev–Trinajstić information content (AvgIpc) is 2.99. The third kappa shape index (κ3) is 3.33. The molecule has 0 saturated carbocycles. The van der Waals surface area contributed by atoms with Crippen molar-refractivity contribution >= 4 is 17.6 Å². The number of carboxylic acid groups (broad SMARTS) is 1. The van der Waals surface area contributed by atoms with Crippen LogP contribution in [0.25, 0.3) is 11.6 Å². The Bertz CT molecular complexity index is 857. The van der Waals surface area contributed by atoms with Gasteiger partial charge in [-0.3, -0.25) is 14.2 Å². The monoisotopic (exact) mass is 303 g/mol. The van der Waals surface area contributed by atoms with Crippen LogP contribution in [-0.4, -0.2) is 20.0 Å². The molecular weight excluding hydrogens is 282 g/mol. The molecule has 2 rings (SSSR count). The number of fused-ring (bicyclic) bond motifs is 1. The molecule has 6 nitrogen and oxygen atoms in total. The Labute approximate surface area is 128 Å². The van der Waals surface area contributed by atoms with Gasteiger partial charge in [0.15, 0.2) is 5.49 Å². The van der Waals surface area contributed by atoms with E-state index < -0.39 is 12.5 Å². The first-order valence-corrected chi connectivity index (χ1v) is 7.17. The van der Waals surface area contributed by atoms with Crippen LogP contribution < -0.4 is 16.4 Å². The Morgan fingerprint density at radius 2 is 2.05 bits per heavy atom. The SMILES string of the molecule is CC.C\C=C/N=c1\c(=C/C)n2cccc2c(=O)n1CC(=O)O. The molecule has 0 amide bonds. The van der Waals surface area contributed by atoms with Crippen molar-refractivity contribution in [2.24, 2.45) is 4.99 Å². The van der Waals surface area contributed by atoms with E-state index in [0.29, 0.717) is 16.4 Å². The van der Waals surface area contributed by atoms with Crippen LogP contribution in [0.2, 0.25) is 0 Å². The molecule has 0 aliphatic carbocycles. The van der Waals surface area contributed by atoms with Crippen LogP contribution in [0.5, 0.6) is 0 Å². The van der Waals surface area contributed by atoms with E-state index in [1.807, 2.05) is 20.8 Å². The third-order valence-corrected chi connectivity index (χ3v) is 2.87. The fourth-order valence-electron chi connectivity index (χ4n) is 2.08. The maximum absolute atomic E-state index is 12.4. The van der Waals surface area contributed by atoms with Crippen molar-refractivity contribution in [1.82, 2.24) is 8.97 Å². The number of carbonyl (C=O) groups is 1. The highest BCUT2D eigenvalue weighted by molar-refractivity contribution is 5.66. The predicted molar refractivity (Wildman–Crippen MR) is 86.4 cm³/mol. The Balaban J connectivity index is 0.00000116. The second-order valence-electron chi connectivity index (χ2n) is 4.16. The van der Waals surface area contributed by atoms with Gasteiger partial charge in [0.2, 0.25) is 0 Å². The van der Waals surface area contributed by atoms with Crippen LogP contribution in [0, 0.1) is 0 Å². The summed E-state index contributed by atoms with van der Waals surface area (Å²) >= 11 is 0. The Kier molecular flexibility index (Phi) is 6.31. The van der Waals surface area contributed by atoms with Gasteiger partial charge >= 0.3 is 5.97 Å². The van der Waals surface area contributed by atoms with Gasteiger partial charge in [-0.1, -0.05) is 26.0 Å². The zero-order chi connectivity index (χ0) is 16.7. The molecule has 22 heavy (non-hydrogen) atoms. The molecule has 0 saturated heterocycles. The highest BCUT2D eigenvalue weighted by Crippen LogP contribution is 1.92. The van der Waals surface area contributed by atoms with Crippen molar-refractivity contribution in [3.05, 3.63) is 51.8 Å². The number of rotatable bonds is 3. The van der Waals surface area contributed by atoms with E-state index in [2.05, 4.69) is 4.99 Å². The Morgan fingerprint density at radius 3 is 2.59 bits per heavy atom. The molecule has 0 aliphatic heterocycles. The van der Waals surface area contributed by atoms with E-state index in [0.717, 1.165) is 0 Å². The summed E-state index contributed by atoms with van der Waals surface area (Å²) < 4.78 is 2.88. The first-order valence-electron chi connectivity index (χ1n) is 7.17. The van der Waals surface area contributed by atoms with Crippen molar-refractivity contribution in [2.75, 3.05) is 0 Å². The molecule has 6 heteroatoms. The Hall–Kier alpha value is -2.63. The van der Waals surface area contributed by atoms with E-state index in [4.69, 9.17) is 5.11 Å². The summed E-state index contributed by atoms with van der Waals surface area (Å²) in [4.78, 5) is 27.5. The zero-order valence-electron chi connectivity index (χ0n) is 13.3. The van der Waals surface area contributed by atoms with Gasteiger partial charge in [0.05, 0.1) is 5.35 Å². The maximum Gasteiger partial charge on any atom is 0.323 e. The number of hydrogen-bond donors (Lipinski definition) is 1. The van der Waals surface area contributed by atoms with Crippen molar-refractivity contribution in [2.45, 2.75) is 34.2 Å². The van der Waals surface area contributed by atoms with Gasteiger partial charge in [-0.05, 0) is 26.0 Å². The topological polar surface area (TPSA) is 76.1 Å². The van der Waals surface area contributed by atoms with Crippen molar-refractivity contribution in [1.29, 1.82) is 0 Å². The highest BCUT2D eigenvalue weighted by atomic mass is 16.4. The van der Waals surface area contributed by atoms with Crippen LogP contribution in [-0.2, 0) is 11.3 Å². The minimum Gasteiger partial charge on any atom is -0.480 e. The summed E-state index contributed by atoms with van der Waals surface area (Å²) in [5.74, 6) is -1.08. The normalized spacial score (nSPS) is 12.7. The number of allylic oxidation sites excluding steroid dienone is 1. The predicted octanol–water partition coefficient (Wildman–Crippen LogP) is 1.17. The van der Waals surface area contributed by atoms with Crippen molar-refractivity contribution < 1.29 is 9.90 Å². The molecule has 2 aromatic heterocycles. The second kappa shape index (κ2) is 7.97. The summed E-state index contributed by atoms with van der Waals surface area (Å²) in [6.45, 7) is 7.20. The van der Waals surface area contributed by atoms with Crippen molar-refractivity contribution in [3.8, 4) is 0 Å². The van der Waals surface area contributed by atoms with E-state index in [-0.39, 0.29) is 5.56 Å². The van der Waals surface area contributed by atoms with E-state index in [1.165, 1.54) is 10.8 Å². The molecule has 0 fully saturated rings. The van der Waals surface area contributed by atoms with E-state index in [1.54, 1.807) is 41.8 Å². The number of aromatic nitrogens is 2. The summed E-state index contributed by atoms with van der Waals surface area (Å²) in [5.41, 5.74) is 0.395. The number of nitrogens with zero attached hydrogens (tertiary/aromatic N) is 3. The summed E-state index contributed by atoms with van der Waals surface area (Å²) in [6.07, 6.45) is 6.81. The number of carboxylic acids is 1. The Morgan fingerprint density at radius 1 is 1.36 bits per heavy atom. The van der Waals surface area contributed by atoms with E-state index >= 15 is 0 Å². The van der Waals surface area contributed by atoms with Crippen LogP contribution >= 0.6 is 0 Å². The maximum atomic E-state index is 12.4. The fourth-order valence-corrected chi connectivity index (χ4v) is 2.08. The molecule has 0 radical (unpaired) electrons. The fraction of sp³-hybridized carbons (Fsp3) is 0.312. The first-order chi connectivity index (χ1) is 10.6. The number of hydrogen-bond acceptors (Lipinski definition) is 3. The van der Waals surface area contributed by atoms with E-state index in [9.17, 15) is 9.59 Å². The van der Waals surface area contributed by atoms with Gasteiger partial charge in [-0.15, -0.1) is 0 Å². The minimum absolute atomic E-state index is 0.335. The summed E-state index contributed by atoms with van der Waals surface area (Å²) in [5, 5.41) is 9.68. The molecule has 0 aromatic carbocycles. The van der Waals surface area contributed by atoms with Crippen LogP contribution in [0.3, 0.4) is 0 Å². The highest BCUT2D eigenvalue weighted by Gasteiger charge is 2.10. The molecule has 0 aliphatic rings. The lowest BCUT2D eigenvalue weighted by Gasteiger charge is -2.06. The molecule has 0 atom stereocenters. The molecule has 2 aromatic rings. The second-order valence-corrected chi connectivity index (χ2v) is 4.16. The lowest BCUT2D eigenvalue weighted by Crippen LogP contribution is -2.48. The smallest absolute Gasteiger partial charge is 0.323 e. The molecule has 0 spiro atoms.